The van der Waals surface area contributed by atoms with Crippen LogP contribution in [-0.2, 0) is 4.79 Å². The minimum absolute atomic E-state index is 0.000627. The first kappa shape index (κ1) is 16.5. The molecule has 0 amide bonds. The Morgan fingerprint density at radius 2 is 2.00 bits per heavy atom. The van der Waals surface area contributed by atoms with E-state index in [-0.39, 0.29) is 12.0 Å². The molecule has 0 aromatic heterocycles. The summed E-state index contributed by atoms with van der Waals surface area (Å²) in [6.07, 6.45) is 13.7. The van der Waals surface area contributed by atoms with Crippen molar-refractivity contribution in [2.75, 3.05) is 6.61 Å². The smallest absolute Gasteiger partial charge is 0.155 e. The molecule has 24 heavy (non-hydrogen) atoms. The van der Waals surface area contributed by atoms with Gasteiger partial charge in [0, 0.05) is 11.8 Å². The summed E-state index contributed by atoms with van der Waals surface area (Å²) in [5.41, 5.74) is 0.597. The number of allylic oxidation sites excluding steroid dienone is 1. The quantitative estimate of drug-likeness (QED) is 0.763. The van der Waals surface area contributed by atoms with Crippen molar-refractivity contribution in [3.05, 3.63) is 23.8 Å². The van der Waals surface area contributed by atoms with Gasteiger partial charge in [-0.25, -0.2) is 0 Å². The molecular weight excluding hydrogens is 300 g/mol. The van der Waals surface area contributed by atoms with Gasteiger partial charge in [-0.2, -0.15) is 0 Å². The van der Waals surface area contributed by atoms with Gasteiger partial charge in [-0.3, -0.25) is 4.79 Å². The van der Waals surface area contributed by atoms with Gasteiger partial charge in [0.2, 0.25) is 0 Å². The molecule has 0 saturated heterocycles. The minimum atomic E-state index is -0.760. The van der Waals surface area contributed by atoms with Crippen molar-refractivity contribution < 1.29 is 15.0 Å². The maximum Gasteiger partial charge on any atom is 0.155 e. The van der Waals surface area contributed by atoms with E-state index in [4.69, 9.17) is 5.11 Å². The van der Waals surface area contributed by atoms with Gasteiger partial charge in [0.05, 0.1) is 12.2 Å². The molecule has 0 bridgehead atoms. The molecule has 3 nitrogen and oxygen atoms in total. The number of rotatable bonds is 2. The van der Waals surface area contributed by atoms with E-state index in [0.717, 1.165) is 38.5 Å². The average Bonchev–Trinajstić information content (AvgIpc) is 2.84. The van der Waals surface area contributed by atoms with Gasteiger partial charge in [0.15, 0.2) is 5.78 Å². The van der Waals surface area contributed by atoms with Gasteiger partial charge >= 0.3 is 0 Å². The Hall–Kier alpha value is -0.930. The predicted molar refractivity (Wildman–Crippen MR) is 93.3 cm³/mol. The Morgan fingerprint density at radius 3 is 2.79 bits per heavy atom. The van der Waals surface area contributed by atoms with E-state index in [1.807, 2.05) is 12.2 Å². The second-order valence-corrected chi connectivity index (χ2v) is 8.81. The Labute approximate surface area is 144 Å². The van der Waals surface area contributed by atoms with E-state index in [2.05, 4.69) is 6.92 Å². The first-order chi connectivity index (χ1) is 11.5. The number of ketones is 1. The van der Waals surface area contributed by atoms with Gasteiger partial charge in [0.1, 0.15) is 0 Å². The highest BCUT2D eigenvalue weighted by Gasteiger charge is 2.61. The van der Waals surface area contributed by atoms with Crippen molar-refractivity contribution >= 4 is 5.78 Å². The molecule has 4 aliphatic rings. The molecule has 3 unspecified atom stereocenters. The van der Waals surface area contributed by atoms with Crippen LogP contribution in [-0.4, -0.2) is 28.2 Å². The van der Waals surface area contributed by atoms with Gasteiger partial charge in [-0.15, -0.1) is 0 Å². The van der Waals surface area contributed by atoms with Crippen LogP contribution in [0.4, 0.5) is 0 Å². The number of aliphatic hydroxyl groups is 2. The van der Waals surface area contributed by atoms with Crippen molar-refractivity contribution in [3.8, 4) is 0 Å². The molecule has 3 saturated carbocycles. The number of aliphatic hydroxyl groups excluding tert-OH is 1. The maximum absolute atomic E-state index is 11.8. The molecule has 0 heterocycles. The first-order valence-electron chi connectivity index (χ1n) is 9.73. The molecule has 0 spiro atoms. The summed E-state index contributed by atoms with van der Waals surface area (Å²) in [7, 11) is 0. The van der Waals surface area contributed by atoms with E-state index in [9.17, 15) is 9.90 Å². The summed E-state index contributed by atoms with van der Waals surface area (Å²) < 4.78 is 0. The van der Waals surface area contributed by atoms with Crippen LogP contribution < -0.4 is 0 Å². The normalized spacial score (nSPS) is 48.0. The number of carbonyl (C=O) groups is 1. The zero-order chi connectivity index (χ0) is 16.9. The van der Waals surface area contributed by atoms with Gasteiger partial charge < -0.3 is 10.2 Å². The van der Waals surface area contributed by atoms with E-state index >= 15 is 0 Å². The topological polar surface area (TPSA) is 57.5 Å². The van der Waals surface area contributed by atoms with Gasteiger partial charge in [-0.05, 0) is 74.7 Å². The Bertz CT molecular complexity index is 592. The van der Waals surface area contributed by atoms with Crippen molar-refractivity contribution in [2.24, 2.45) is 29.1 Å². The van der Waals surface area contributed by atoms with E-state index in [1.165, 1.54) is 18.4 Å². The predicted octanol–water partition coefficient (Wildman–Crippen LogP) is 3.41. The molecule has 3 fully saturated rings. The third-order valence-corrected chi connectivity index (χ3v) is 8.01. The minimum Gasteiger partial charge on any atom is -0.392 e. The fraction of sp³-hybridized carbons (Fsp3) is 0.762. The van der Waals surface area contributed by atoms with E-state index in [1.54, 1.807) is 6.08 Å². The van der Waals surface area contributed by atoms with Crippen molar-refractivity contribution in [1.29, 1.82) is 0 Å². The summed E-state index contributed by atoms with van der Waals surface area (Å²) in [6, 6.07) is 0. The number of hydrogen-bond acceptors (Lipinski definition) is 3. The molecule has 4 rings (SSSR count). The Kier molecular flexibility index (Phi) is 4.00. The van der Waals surface area contributed by atoms with Crippen LogP contribution in [0.15, 0.2) is 23.8 Å². The van der Waals surface area contributed by atoms with Crippen molar-refractivity contribution in [2.45, 2.75) is 63.9 Å². The largest absolute Gasteiger partial charge is 0.392 e. The van der Waals surface area contributed by atoms with E-state index < -0.39 is 5.60 Å². The summed E-state index contributed by atoms with van der Waals surface area (Å²) >= 11 is 0. The van der Waals surface area contributed by atoms with Crippen LogP contribution in [0, 0.1) is 29.1 Å². The molecule has 0 radical (unpaired) electrons. The highest BCUT2D eigenvalue weighted by atomic mass is 16.3. The molecule has 132 valence electrons. The van der Waals surface area contributed by atoms with Crippen molar-refractivity contribution in [3.63, 3.8) is 0 Å². The molecule has 4 aliphatic carbocycles. The fourth-order valence-electron chi connectivity index (χ4n) is 6.75. The molecule has 6 atom stereocenters. The highest BCUT2D eigenvalue weighted by molar-refractivity contribution is 5.91. The molecule has 0 aliphatic heterocycles. The van der Waals surface area contributed by atoms with Gasteiger partial charge in [0.25, 0.3) is 0 Å². The van der Waals surface area contributed by atoms with Crippen molar-refractivity contribution in [1.82, 2.24) is 0 Å². The SMILES string of the molecule is C[C@]12CCC3C(CCC4=CC(=O)CC[C@@H]43)C1CC[C@@]2(O)C=CCO. The maximum atomic E-state index is 11.8. The third kappa shape index (κ3) is 2.28. The van der Waals surface area contributed by atoms with Crippen LogP contribution in [0.5, 0.6) is 0 Å². The van der Waals surface area contributed by atoms with Crippen LogP contribution in [0.1, 0.15) is 58.3 Å². The summed E-state index contributed by atoms with van der Waals surface area (Å²) in [6.45, 7) is 2.28. The van der Waals surface area contributed by atoms with Crippen LogP contribution in [0.25, 0.3) is 0 Å². The molecule has 2 N–H and O–H groups in total. The summed E-state index contributed by atoms with van der Waals surface area (Å²) in [5.74, 6) is 2.91. The lowest BCUT2D eigenvalue weighted by molar-refractivity contribution is -0.116. The second-order valence-electron chi connectivity index (χ2n) is 8.81. The lowest BCUT2D eigenvalue weighted by Gasteiger charge is -2.55. The fourth-order valence-corrected chi connectivity index (χ4v) is 6.75. The van der Waals surface area contributed by atoms with Crippen LogP contribution >= 0.6 is 0 Å². The standard InChI is InChI=1S/C21H30O3/c1-20-10-7-17-16-6-4-15(23)13-14(16)3-5-18(17)19(20)8-11-21(20,24)9-2-12-22/h2,9,13,16-19,22,24H,3-8,10-12H2,1H3/t16-,17?,18?,19?,20-,21-/m0/s1. The second kappa shape index (κ2) is 5.81. The van der Waals surface area contributed by atoms with Gasteiger partial charge in [-0.1, -0.05) is 24.6 Å². The lowest BCUT2D eigenvalue weighted by atomic mass is 9.50. The third-order valence-electron chi connectivity index (χ3n) is 8.01. The first-order valence-corrected chi connectivity index (χ1v) is 9.73. The lowest BCUT2D eigenvalue weighted by Crippen LogP contribution is -2.52. The zero-order valence-corrected chi connectivity index (χ0v) is 14.7. The van der Waals surface area contributed by atoms with Crippen LogP contribution in [0.3, 0.4) is 0 Å². The number of carbonyl (C=O) groups excluding carboxylic acids is 1. The molecule has 0 aromatic carbocycles. The Morgan fingerprint density at radius 1 is 1.17 bits per heavy atom. The monoisotopic (exact) mass is 330 g/mol. The molecule has 3 heteroatoms. The van der Waals surface area contributed by atoms with E-state index in [0.29, 0.717) is 29.5 Å². The summed E-state index contributed by atoms with van der Waals surface area (Å²) in [4.78, 5) is 11.8. The number of fused-ring (bicyclic) bond motifs is 5. The zero-order valence-electron chi connectivity index (χ0n) is 14.7. The molecule has 0 aromatic rings. The average molecular weight is 330 g/mol. The van der Waals surface area contributed by atoms with Crippen LogP contribution in [0.2, 0.25) is 0 Å². The highest BCUT2D eigenvalue weighted by Crippen LogP contribution is 2.65. The Balaban J connectivity index is 1.61. The molecular formula is C21H30O3. The number of hydrogen-bond donors (Lipinski definition) is 2. The summed E-state index contributed by atoms with van der Waals surface area (Å²) in [5, 5.41) is 20.4.